The summed E-state index contributed by atoms with van der Waals surface area (Å²) in [6, 6.07) is 6.43. The predicted molar refractivity (Wildman–Crippen MR) is 72.7 cm³/mol. The molecule has 0 saturated heterocycles. The van der Waals surface area contributed by atoms with Gasteiger partial charge in [0.25, 0.3) is 0 Å². The van der Waals surface area contributed by atoms with Crippen molar-refractivity contribution in [3.05, 3.63) is 29.3 Å². The maximum atomic E-state index is 9.53. The minimum absolute atomic E-state index is 0.237. The standard InChI is InChI=1S/C15H23NO2/c1-2-12(8-9-17)16-15-5-3-4-11-10-13(18)6-7-14(11)15/h6-7,10,12,15-18H,2-5,8-9H2,1H3. The molecule has 0 bridgehead atoms. The number of aliphatic hydroxyl groups is 1. The van der Waals surface area contributed by atoms with Crippen molar-refractivity contribution in [3.63, 3.8) is 0 Å². The van der Waals surface area contributed by atoms with Gasteiger partial charge in [-0.05, 0) is 55.4 Å². The third kappa shape index (κ3) is 3.03. The van der Waals surface area contributed by atoms with E-state index in [2.05, 4.69) is 12.2 Å². The quantitative estimate of drug-likeness (QED) is 0.751. The van der Waals surface area contributed by atoms with E-state index in [1.54, 1.807) is 6.07 Å². The van der Waals surface area contributed by atoms with Gasteiger partial charge in [0.05, 0.1) is 0 Å². The van der Waals surface area contributed by atoms with Gasteiger partial charge in [-0.3, -0.25) is 0 Å². The van der Waals surface area contributed by atoms with Crippen molar-refractivity contribution < 1.29 is 10.2 Å². The lowest BCUT2D eigenvalue weighted by Gasteiger charge is -2.30. The number of nitrogens with one attached hydrogen (secondary N) is 1. The monoisotopic (exact) mass is 249 g/mol. The Balaban J connectivity index is 2.12. The zero-order valence-corrected chi connectivity index (χ0v) is 11.0. The average Bonchev–Trinajstić information content (AvgIpc) is 2.38. The summed E-state index contributed by atoms with van der Waals surface area (Å²) in [5.41, 5.74) is 2.58. The number of benzene rings is 1. The van der Waals surface area contributed by atoms with Crippen LogP contribution in [0.25, 0.3) is 0 Å². The van der Waals surface area contributed by atoms with Crippen LogP contribution in [0.2, 0.25) is 0 Å². The number of phenolic OH excluding ortho intramolecular Hbond substituents is 1. The Hall–Kier alpha value is -1.06. The number of aromatic hydroxyl groups is 1. The van der Waals surface area contributed by atoms with Crippen LogP contribution < -0.4 is 5.32 Å². The third-order valence-electron chi connectivity index (χ3n) is 3.85. The highest BCUT2D eigenvalue weighted by molar-refractivity contribution is 5.38. The molecule has 0 saturated carbocycles. The molecule has 3 heteroatoms. The van der Waals surface area contributed by atoms with E-state index in [1.807, 2.05) is 12.1 Å². The Morgan fingerprint density at radius 3 is 3.00 bits per heavy atom. The average molecular weight is 249 g/mol. The van der Waals surface area contributed by atoms with Crippen LogP contribution in [0.1, 0.15) is 49.8 Å². The van der Waals surface area contributed by atoms with E-state index in [0.29, 0.717) is 17.8 Å². The Kier molecular flexibility index (Phi) is 4.61. The minimum atomic E-state index is 0.237. The maximum absolute atomic E-state index is 9.53. The molecule has 18 heavy (non-hydrogen) atoms. The fourth-order valence-corrected chi connectivity index (χ4v) is 2.82. The van der Waals surface area contributed by atoms with Gasteiger partial charge >= 0.3 is 0 Å². The zero-order chi connectivity index (χ0) is 13.0. The van der Waals surface area contributed by atoms with Gasteiger partial charge in [-0.25, -0.2) is 0 Å². The van der Waals surface area contributed by atoms with E-state index in [4.69, 9.17) is 5.11 Å². The molecule has 2 unspecified atom stereocenters. The molecule has 1 aromatic carbocycles. The first-order chi connectivity index (χ1) is 8.74. The lowest BCUT2D eigenvalue weighted by Crippen LogP contribution is -2.35. The summed E-state index contributed by atoms with van der Waals surface area (Å²) in [5.74, 6) is 0.358. The normalized spacial score (nSPS) is 20.4. The van der Waals surface area contributed by atoms with Crippen molar-refractivity contribution in [2.24, 2.45) is 0 Å². The first-order valence-corrected chi connectivity index (χ1v) is 6.93. The molecular formula is C15H23NO2. The Morgan fingerprint density at radius 2 is 2.28 bits per heavy atom. The van der Waals surface area contributed by atoms with Crippen molar-refractivity contribution >= 4 is 0 Å². The lowest BCUT2D eigenvalue weighted by molar-refractivity contribution is 0.252. The summed E-state index contributed by atoms with van der Waals surface area (Å²) in [6.45, 7) is 2.38. The largest absolute Gasteiger partial charge is 0.508 e. The van der Waals surface area contributed by atoms with E-state index in [-0.39, 0.29) is 6.61 Å². The summed E-state index contributed by atoms with van der Waals surface area (Å²) in [6.07, 6.45) is 5.19. The Bertz CT molecular complexity index is 392. The molecule has 0 aromatic heterocycles. The van der Waals surface area contributed by atoms with E-state index in [0.717, 1.165) is 32.1 Å². The van der Waals surface area contributed by atoms with Crippen LogP contribution in [0, 0.1) is 0 Å². The van der Waals surface area contributed by atoms with Gasteiger partial charge in [0, 0.05) is 18.7 Å². The van der Waals surface area contributed by atoms with Crippen LogP contribution in [0.15, 0.2) is 18.2 Å². The van der Waals surface area contributed by atoms with E-state index < -0.39 is 0 Å². The summed E-state index contributed by atoms with van der Waals surface area (Å²) >= 11 is 0. The van der Waals surface area contributed by atoms with Crippen LogP contribution in [0.3, 0.4) is 0 Å². The topological polar surface area (TPSA) is 52.5 Å². The van der Waals surface area contributed by atoms with Crippen molar-refractivity contribution in [1.82, 2.24) is 5.32 Å². The molecule has 0 amide bonds. The van der Waals surface area contributed by atoms with Crippen molar-refractivity contribution in [2.45, 2.75) is 51.1 Å². The zero-order valence-electron chi connectivity index (χ0n) is 11.0. The molecule has 1 aliphatic rings. The molecule has 0 spiro atoms. The highest BCUT2D eigenvalue weighted by Crippen LogP contribution is 2.32. The number of hydrogen-bond acceptors (Lipinski definition) is 3. The second kappa shape index (κ2) is 6.21. The number of hydrogen-bond donors (Lipinski definition) is 3. The van der Waals surface area contributed by atoms with Crippen LogP contribution >= 0.6 is 0 Å². The van der Waals surface area contributed by atoms with Crippen molar-refractivity contribution in [1.29, 1.82) is 0 Å². The molecular weight excluding hydrogens is 226 g/mol. The number of phenols is 1. The number of rotatable bonds is 5. The van der Waals surface area contributed by atoms with Gasteiger partial charge in [0.2, 0.25) is 0 Å². The smallest absolute Gasteiger partial charge is 0.115 e. The summed E-state index contributed by atoms with van der Waals surface area (Å²) < 4.78 is 0. The van der Waals surface area contributed by atoms with E-state index in [1.165, 1.54) is 11.1 Å². The fraction of sp³-hybridized carbons (Fsp3) is 0.600. The van der Waals surface area contributed by atoms with Gasteiger partial charge in [-0.15, -0.1) is 0 Å². The van der Waals surface area contributed by atoms with Gasteiger partial charge in [0.15, 0.2) is 0 Å². The summed E-state index contributed by atoms with van der Waals surface area (Å²) in [5, 5.41) is 22.2. The molecule has 0 fully saturated rings. The highest BCUT2D eigenvalue weighted by Gasteiger charge is 2.22. The molecule has 100 valence electrons. The number of aliphatic hydroxyl groups excluding tert-OH is 1. The first kappa shape index (κ1) is 13.4. The van der Waals surface area contributed by atoms with E-state index >= 15 is 0 Å². The van der Waals surface area contributed by atoms with Crippen molar-refractivity contribution in [3.8, 4) is 5.75 Å². The van der Waals surface area contributed by atoms with Crippen LogP contribution in [-0.2, 0) is 6.42 Å². The highest BCUT2D eigenvalue weighted by atomic mass is 16.3. The molecule has 1 aliphatic carbocycles. The summed E-state index contributed by atoms with van der Waals surface area (Å²) in [4.78, 5) is 0. The van der Waals surface area contributed by atoms with Gasteiger partial charge in [-0.2, -0.15) is 0 Å². The molecule has 2 rings (SSSR count). The summed E-state index contributed by atoms with van der Waals surface area (Å²) in [7, 11) is 0. The van der Waals surface area contributed by atoms with Crippen LogP contribution in [0.4, 0.5) is 0 Å². The molecule has 3 N–H and O–H groups in total. The molecule has 0 aliphatic heterocycles. The predicted octanol–water partition coefficient (Wildman–Crippen LogP) is 2.52. The second-order valence-corrected chi connectivity index (χ2v) is 5.11. The Morgan fingerprint density at radius 1 is 1.44 bits per heavy atom. The SMILES string of the molecule is CCC(CCO)NC1CCCc2cc(O)ccc21. The van der Waals surface area contributed by atoms with Gasteiger partial charge in [0.1, 0.15) is 5.75 Å². The Labute approximate surface area is 109 Å². The lowest BCUT2D eigenvalue weighted by atomic mass is 9.87. The third-order valence-corrected chi connectivity index (χ3v) is 3.85. The van der Waals surface area contributed by atoms with Gasteiger partial charge < -0.3 is 15.5 Å². The molecule has 0 heterocycles. The number of fused-ring (bicyclic) bond motifs is 1. The molecule has 2 atom stereocenters. The molecule has 1 aromatic rings. The van der Waals surface area contributed by atoms with Crippen LogP contribution in [-0.4, -0.2) is 22.9 Å². The fourth-order valence-electron chi connectivity index (χ4n) is 2.82. The minimum Gasteiger partial charge on any atom is -0.508 e. The van der Waals surface area contributed by atoms with Crippen LogP contribution in [0.5, 0.6) is 5.75 Å². The number of aryl methyl sites for hydroxylation is 1. The molecule has 0 radical (unpaired) electrons. The maximum Gasteiger partial charge on any atom is 0.115 e. The van der Waals surface area contributed by atoms with Crippen molar-refractivity contribution in [2.75, 3.05) is 6.61 Å². The first-order valence-electron chi connectivity index (χ1n) is 6.93. The van der Waals surface area contributed by atoms with E-state index in [9.17, 15) is 5.11 Å². The van der Waals surface area contributed by atoms with Gasteiger partial charge in [-0.1, -0.05) is 13.0 Å². The molecule has 3 nitrogen and oxygen atoms in total. The second-order valence-electron chi connectivity index (χ2n) is 5.11.